The first-order valence-corrected chi connectivity index (χ1v) is 7.32. The fourth-order valence-corrected chi connectivity index (χ4v) is 2.33. The molecule has 0 radical (unpaired) electrons. The molecule has 1 fully saturated rings. The molecule has 2 rings (SSSR count). The van der Waals surface area contributed by atoms with Crippen LogP contribution in [-0.4, -0.2) is 23.8 Å². The summed E-state index contributed by atoms with van der Waals surface area (Å²) >= 11 is 5.84. The Balaban J connectivity index is 1.77. The van der Waals surface area contributed by atoms with Crippen molar-refractivity contribution in [1.29, 1.82) is 0 Å². The number of alkyl carbamates (subject to hydrolysis) is 1. The number of hydrogen-bond donors (Lipinski definition) is 2. The maximum Gasteiger partial charge on any atom is 0.407 e. The Kier molecular flexibility index (Phi) is 4.61. The van der Waals surface area contributed by atoms with E-state index in [4.69, 9.17) is 16.3 Å². The predicted octanol–water partition coefficient (Wildman–Crippen LogP) is 3.95. The third-order valence-electron chi connectivity index (χ3n) is 3.15. The summed E-state index contributed by atoms with van der Waals surface area (Å²) in [4.78, 5) is 11.6. The number of carbonyl (C=O) groups is 1. The van der Waals surface area contributed by atoms with Crippen LogP contribution in [0, 0.1) is 5.82 Å². The Morgan fingerprint density at radius 3 is 2.62 bits per heavy atom. The van der Waals surface area contributed by atoms with Gasteiger partial charge in [-0.2, -0.15) is 0 Å². The van der Waals surface area contributed by atoms with E-state index in [9.17, 15) is 9.18 Å². The Hall–Kier alpha value is -1.49. The molecule has 2 N–H and O–H groups in total. The van der Waals surface area contributed by atoms with Crippen LogP contribution < -0.4 is 10.6 Å². The first-order chi connectivity index (χ1) is 9.73. The van der Waals surface area contributed by atoms with Crippen LogP contribution in [0.25, 0.3) is 0 Å². The molecule has 0 aliphatic heterocycles. The molecule has 0 heterocycles. The lowest BCUT2D eigenvalue weighted by Gasteiger charge is -2.37. The van der Waals surface area contributed by atoms with Crippen LogP contribution in [0.15, 0.2) is 18.2 Å². The predicted molar refractivity (Wildman–Crippen MR) is 81.2 cm³/mol. The zero-order valence-corrected chi connectivity index (χ0v) is 13.1. The maximum absolute atomic E-state index is 13.6. The van der Waals surface area contributed by atoms with Gasteiger partial charge in [-0.05, 0) is 51.8 Å². The highest BCUT2D eigenvalue weighted by atomic mass is 35.5. The molecule has 21 heavy (non-hydrogen) atoms. The van der Waals surface area contributed by atoms with E-state index in [1.165, 1.54) is 12.1 Å². The Labute approximate surface area is 129 Å². The van der Waals surface area contributed by atoms with E-state index in [1.807, 2.05) is 20.8 Å². The molecular formula is C15H20ClFN2O2. The van der Waals surface area contributed by atoms with Gasteiger partial charge in [-0.3, -0.25) is 0 Å². The number of halogens is 2. The van der Waals surface area contributed by atoms with Gasteiger partial charge in [0, 0.05) is 17.1 Å². The molecule has 0 saturated heterocycles. The highest BCUT2D eigenvalue weighted by Gasteiger charge is 2.32. The van der Waals surface area contributed by atoms with Gasteiger partial charge in [0.15, 0.2) is 0 Å². The lowest BCUT2D eigenvalue weighted by atomic mass is 9.86. The number of nitrogens with one attached hydrogen (secondary N) is 2. The number of rotatable bonds is 3. The van der Waals surface area contributed by atoms with E-state index in [1.54, 1.807) is 6.07 Å². The molecule has 1 aromatic carbocycles. The van der Waals surface area contributed by atoms with Crippen molar-refractivity contribution in [2.75, 3.05) is 5.32 Å². The summed E-state index contributed by atoms with van der Waals surface area (Å²) in [6.07, 6.45) is 1.04. The van der Waals surface area contributed by atoms with Gasteiger partial charge in [0.2, 0.25) is 0 Å². The molecule has 4 nitrogen and oxygen atoms in total. The molecule has 1 amide bonds. The molecule has 0 atom stereocenters. The second-order valence-corrected chi connectivity index (χ2v) is 6.72. The van der Waals surface area contributed by atoms with E-state index in [2.05, 4.69) is 10.6 Å². The first-order valence-electron chi connectivity index (χ1n) is 6.94. The molecule has 0 bridgehead atoms. The minimum absolute atomic E-state index is 0.0552. The zero-order chi connectivity index (χ0) is 15.6. The molecule has 0 unspecified atom stereocenters. The van der Waals surface area contributed by atoms with Crippen LogP contribution in [0.5, 0.6) is 0 Å². The van der Waals surface area contributed by atoms with Crippen molar-refractivity contribution in [2.24, 2.45) is 0 Å². The summed E-state index contributed by atoms with van der Waals surface area (Å²) in [6, 6.07) is 4.58. The average molecular weight is 315 g/mol. The molecule has 6 heteroatoms. The first kappa shape index (κ1) is 15.9. The second-order valence-electron chi connectivity index (χ2n) is 6.28. The molecule has 0 aromatic heterocycles. The highest BCUT2D eigenvalue weighted by molar-refractivity contribution is 6.30. The van der Waals surface area contributed by atoms with Crippen LogP contribution >= 0.6 is 11.6 Å². The number of amides is 1. The van der Waals surface area contributed by atoms with Gasteiger partial charge in [-0.25, -0.2) is 9.18 Å². The third kappa shape index (κ3) is 4.77. The largest absolute Gasteiger partial charge is 0.444 e. The van der Waals surface area contributed by atoms with Crippen LogP contribution in [-0.2, 0) is 4.74 Å². The van der Waals surface area contributed by atoms with Crippen LogP contribution in [0.4, 0.5) is 14.9 Å². The minimum Gasteiger partial charge on any atom is -0.444 e. The monoisotopic (exact) mass is 314 g/mol. The van der Waals surface area contributed by atoms with Crippen molar-refractivity contribution in [3.05, 3.63) is 29.0 Å². The standard InChI is InChI=1S/C15H20ClFN2O2/c1-15(2,3)21-14(20)19-11-7-10(8-11)18-13-6-9(16)4-5-12(13)17/h4-6,10-11,18H,7-8H2,1-3H3,(H,19,20). The normalized spacial score (nSPS) is 21.4. The molecule has 1 aliphatic carbocycles. The summed E-state index contributed by atoms with van der Waals surface area (Å²) in [5.74, 6) is -0.331. The average Bonchev–Trinajstić information content (AvgIpc) is 2.28. The van der Waals surface area contributed by atoms with Crippen molar-refractivity contribution in [2.45, 2.75) is 51.3 Å². The number of ether oxygens (including phenoxy) is 1. The Morgan fingerprint density at radius 2 is 2.00 bits per heavy atom. The Bertz CT molecular complexity index is 525. The Morgan fingerprint density at radius 1 is 1.33 bits per heavy atom. The van der Waals surface area contributed by atoms with Crippen LogP contribution in [0.2, 0.25) is 5.02 Å². The molecule has 116 valence electrons. The number of carbonyl (C=O) groups excluding carboxylic acids is 1. The van der Waals surface area contributed by atoms with Crippen molar-refractivity contribution >= 4 is 23.4 Å². The summed E-state index contributed by atoms with van der Waals surface area (Å²) < 4.78 is 18.8. The molecular weight excluding hydrogens is 295 g/mol. The van der Waals surface area contributed by atoms with E-state index in [-0.39, 0.29) is 17.9 Å². The van der Waals surface area contributed by atoms with Gasteiger partial charge in [-0.15, -0.1) is 0 Å². The van der Waals surface area contributed by atoms with Gasteiger partial charge in [0.1, 0.15) is 11.4 Å². The lowest BCUT2D eigenvalue weighted by molar-refractivity contribution is 0.0475. The van der Waals surface area contributed by atoms with Crippen molar-refractivity contribution in [3.63, 3.8) is 0 Å². The fourth-order valence-electron chi connectivity index (χ4n) is 2.16. The topological polar surface area (TPSA) is 50.4 Å². The molecule has 1 aliphatic rings. The third-order valence-corrected chi connectivity index (χ3v) is 3.38. The maximum atomic E-state index is 13.6. The summed E-state index contributed by atoms with van der Waals surface area (Å²) in [5, 5.41) is 6.37. The van der Waals surface area contributed by atoms with Gasteiger partial charge in [0.25, 0.3) is 0 Å². The smallest absolute Gasteiger partial charge is 0.407 e. The SMILES string of the molecule is CC(C)(C)OC(=O)NC1CC(Nc2cc(Cl)ccc2F)C1. The van der Waals surface area contributed by atoms with Crippen LogP contribution in [0.1, 0.15) is 33.6 Å². The zero-order valence-electron chi connectivity index (χ0n) is 12.4. The summed E-state index contributed by atoms with van der Waals surface area (Å²) in [6.45, 7) is 5.46. The number of anilines is 1. The quantitative estimate of drug-likeness (QED) is 0.888. The van der Waals surface area contributed by atoms with Crippen molar-refractivity contribution in [3.8, 4) is 0 Å². The van der Waals surface area contributed by atoms with Gasteiger partial charge >= 0.3 is 6.09 Å². The van der Waals surface area contributed by atoms with Gasteiger partial charge < -0.3 is 15.4 Å². The molecule has 1 saturated carbocycles. The van der Waals surface area contributed by atoms with Crippen LogP contribution in [0.3, 0.4) is 0 Å². The highest BCUT2D eigenvalue weighted by Crippen LogP contribution is 2.27. The van der Waals surface area contributed by atoms with E-state index >= 15 is 0 Å². The number of hydrogen-bond acceptors (Lipinski definition) is 3. The second kappa shape index (κ2) is 6.10. The molecule has 1 aromatic rings. The molecule has 0 spiro atoms. The summed E-state index contributed by atoms with van der Waals surface area (Å²) in [7, 11) is 0. The van der Waals surface area contributed by atoms with Crippen molar-refractivity contribution < 1.29 is 13.9 Å². The van der Waals surface area contributed by atoms with Crippen molar-refractivity contribution in [1.82, 2.24) is 5.32 Å². The fraction of sp³-hybridized carbons (Fsp3) is 0.533. The lowest BCUT2D eigenvalue weighted by Crippen LogP contribution is -2.50. The number of benzene rings is 1. The van der Waals surface area contributed by atoms with Gasteiger partial charge in [0.05, 0.1) is 5.69 Å². The minimum atomic E-state index is -0.505. The van der Waals surface area contributed by atoms with E-state index in [0.717, 1.165) is 12.8 Å². The summed E-state index contributed by atoms with van der Waals surface area (Å²) in [5.41, 5.74) is -0.113. The van der Waals surface area contributed by atoms with E-state index < -0.39 is 11.7 Å². The van der Waals surface area contributed by atoms with E-state index in [0.29, 0.717) is 10.7 Å². The van der Waals surface area contributed by atoms with Gasteiger partial charge in [-0.1, -0.05) is 11.6 Å².